The highest BCUT2D eigenvalue weighted by Crippen LogP contribution is 2.24. The number of nitrogens with one attached hydrogen (secondary N) is 1. The van der Waals surface area contributed by atoms with Crippen LogP contribution in [-0.4, -0.2) is 53.1 Å². The molecule has 0 aromatic carbocycles. The van der Waals surface area contributed by atoms with E-state index in [1.807, 2.05) is 18.7 Å². The Hall–Kier alpha value is -0.430. The van der Waals surface area contributed by atoms with Crippen molar-refractivity contribution in [3.63, 3.8) is 0 Å². The van der Waals surface area contributed by atoms with Crippen LogP contribution in [0.5, 0.6) is 0 Å². The molecule has 0 bridgehead atoms. The second-order valence-electron chi connectivity index (χ2n) is 5.85. The number of nitrogens with zero attached hydrogens (tertiary/aromatic N) is 3. The first kappa shape index (κ1) is 14.5. The van der Waals surface area contributed by atoms with E-state index < -0.39 is 0 Å². The Labute approximate surface area is 128 Å². The Bertz CT molecular complexity index is 472. The average molecular weight is 343 g/mol. The number of hydrogen-bond donors (Lipinski definition) is 1. The minimum Gasteiger partial charge on any atom is -0.378 e. The topological polar surface area (TPSA) is 42.3 Å². The minimum atomic E-state index is 0.464. The third-order valence-electron chi connectivity index (χ3n) is 4.18. The van der Waals surface area contributed by atoms with E-state index in [9.17, 15) is 0 Å². The molecular formula is C14H23BrN4O. The zero-order chi connectivity index (χ0) is 14.1. The zero-order valence-electron chi connectivity index (χ0n) is 12.2. The Morgan fingerprint density at radius 3 is 2.90 bits per heavy atom. The molecule has 112 valence electrons. The smallest absolute Gasteiger partial charge is 0.0739 e. The molecule has 2 heterocycles. The normalized spacial score (nSPS) is 24.2. The maximum Gasteiger partial charge on any atom is 0.0739 e. The van der Waals surface area contributed by atoms with E-state index in [-0.39, 0.29) is 0 Å². The summed E-state index contributed by atoms with van der Waals surface area (Å²) in [6, 6.07) is 1.22. The Balaban J connectivity index is 1.65. The van der Waals surface area contributed by atoms with Crippen LogP contribution in [0.3, 0.4) is 0 Å². The Morgan fingerprint density at radius 1 is 1.45 bits per heavy atom. The van der Waals surface area contributed by atoms with Gasteiger partial charge in [-0.2, -0.15) is 5.10 Å². The summed E-state index contributed by atoms with van der Waals surface area (Å²) in [5.74, 6) is 0. The molecular weight excluding hydrogens is 320 g/mol. The fraction of sp³-hybridized carbons (Fsp3) is 0.786. The molecule has 2 aliphatic rings. The molecule has 20 heavy (non-hydrogen) atoms. The van der Waals surface area contributed by atoms with Gasteiger partial charge in [0.15, 0.2) is 0 Å². The zero-order valence-corrected chi connectivity index (χ0v) is 13.8. The summed E-state index contributed by atoms with van der Waals surface area (Å²) in [6.07, 6.45) is 2.67. The van der Waals surface area contributed by atoms with Gasteiger partial charge in [-0.1, -0.05) is 0 Å². The van der Waals surface area contributed by atoms with Crippen LogP contribution in [0.4, 0.5) is 0 Å². The Kier molecular flexibility index (Phi) is 4.45. The molecule has 1 aromatic rings. The van der Waals surface area contributed by atoms with Crippen LogP contribution in [0.15, 0.2) is 4.47 Å². The third kappa shape index (κ3) is 3.24. The van der Waals surface area contributed by atoms with Gasteiger partial charge in [-0.3, -0.25) is 9.58 Å². The average Bonchev–Trinajstić information content (AvgIpc) is 3.23. The molecule has 2 fully saturated rings. The number of aromatic nitrogens is 2. The predicted molar refractivity (Wildman–Crippen MR) is 81.7 cm³/mol. The summed E-state index contributed by atoms with van der Waals surface area (Å²) in [7, 11) is 2.02. The van der Waals surface area contributed by atoms with Crippen molar-refractivity contribution >= 4 is 15.9 Å². The second-order valence-corrected chi connectivity index (χ2v) is 6.64. The standard InChI is InChI=1S/C14H23BrN4O/c1-10-14(15)13(18(2)17-10)8-19-5-6-20-9-12(19)7-16-11-3-4-11/h11-12,16H,3-9H2,1-2H3. The molecule has 1 atom stereocenters. The molecule has 0 amide bonds. The van der Waals surface area contributed by atoms with E-state index in [4.69, 9.17) is 4.74 Å². The van der Waals surface area contributed by atoms with Crippen molar-refractivity contribution in [1.29, 1.82) is 0 Å². The van der Waals surface area contributed by atoms with Crippen molar-refractivity contribution in [1.82, 2.24) is 20.0 Å². The van der Waals surface area contributed by atoms with Gasteiger partial charge in [0.1, 0.15) is 0 Å². The molecule has 1 saturated heterocycles. The van der Waals surface area contributed by atoms with Gasteiger partial charge >= 0.3 is 0 Å². The van der Waals surface area contributed by atoms with Crippen molar-refractivity contribution in [3.8, 4) is 0 Å². The molecule has 1 aromatic heterocycles. The predicted octanol–water partition coefficient (Wildman–Crippen LogP) is 1.44. The van der Waals surface area contributed by atoms with Crippen LogP contribution >= 0.6 is 15.9 Å². The summed E-state index contributed by atoms with van der Waals surface area (Å²) in [6.45, 7) is 6.65. The maximum absolute atomic E-state index is 5.65. The van der Waals surface area contributed by atoms with Crippen molar-refractivity contribution in [3.05, 3.63) is 15.9 Å². The second kappa shape index (κ2) is 6.13. The summed E-state index contributed by atoms with van der Waals surface area (Å²) in [4.78, 5) is 2.51. The minimum absolute atomic E-state index is 0.464. The molecule has 1 aliphatic heterocycles. The first-order chi connectivity index (χ1) is 9.65. The number of halogens is 1. The molecule has 1 unspecified atom stereocenters. The molecule has 0 spiro atoms. The van der Waals surface area contributed by atoms with Gasteiger partial charge in [0.05, 0.1) is 29.1 Å². The van der Waals surface area contributed by atoms with Crippen molar-refractivity contribution in [2.45, 2.75) is 38.4 Å². The monoisotopic (exact) mass is 342 g/mol. The lowest BCUT2D eigenvalue weighted by molar-refractivity contribution is -0.0121. The highest BCUT2D eigenvalue weighted by atomic mass is 79.9. The number of aryl methyl sites for hydroxylation is 2. The van der Waals surface area contributed by atoms with Crippen LogP contribution in [-0.2, 0) is 18.3 Å². The lowest BCUT2D eigenvalue weighted by Gasteiger charge is -2.35. The highest BCUT2D eigenvalue weighted by Gasteiger charge is 2.28. The van der Waals surface area contributed by atoms with Gasteiger partial charge in [0.25, 0.3) is 0 Å². The lowest BCUT2D eigenvalue weighted by atomic mass is 10.2. The molecule has 1 saturated carbocycles. The molecule has 3 rings (SSSR count). The van der Waals surface area contributed by atoms with Crippen LogP contribution in [0.1, 0.15) is 24.2 Å². The van der Waals surface area contributed by atoms with Gasteiger partial charge in [0, 0.05) is 38.8 Å². The first-order valence-corrected chi connectivity index (χ1v) is 8.17. The van der Waals surface area contributed by atoms with Crippen LogP contribution < -0.4 is 5.32 Å². The number of hydrogen-bond acceptors (Lipinski definition) is 4. The molecule has 6 heteroatoms. The third-order valence-corrected chi connectivity index (χ3v) is 5.21. The quantitative estimate of drug-likeness (QED) is 0.879. The van der Waals surface area contributed by atoms with Gasteiger partial charge in [-0.15, -0.1) is 0 Å². The molecule has 0 radical (unpaired) electrons. The van der Waals surface area contributed by atoms with E-state index in [1.165, 1.54) is 18.5 Å². The van der Waals surface area contributed by atoms with Crippen LogP contribution in [0.2, 0.25) is 0 Å². The van der Waals surface area contributed by atoms with Crippen molar-refractivity contribution in [2.75, 3.05) is 26.3 Å². The number of morpholine rings is 1. The van der Waals surface area contributed by atoms with Gasteiger partial charge in [-0.25, -0.2) is 0 Å². The SMILES string of the molecule is Cc1nn(C)c(CN2CCOCC2CNC2CC2)c1Br. The largest absolute Gasteiger partial charge is 0.378 e. The van der Waals surface area contributed by atoms with Crippen molar-refractivity contribution in [2.24, 2.45) is 7.05 Å². The first-order valence-electron chi connectivity index (χ1n) is 7.38. The number of ether oxygens (including phenoxy) is 1. The van der Waals surface area contributed by atoms with Gasteiger partial charge < -0.3 is 10.1 Å². The van der Waals surface area contributed by atoms with Crippen LogP contribution in [0.25, 0.3) is 0 Å². The highest BCUT2D eigenvalue weighted by molar-refractivity contribution is 9.10. The summed E-state index contributed by atoms with van der Waals surface area (Å²) >= 11 is 3.66. The molecule has 1 aliphatic carbocycles. The molecule has 1 N–H and O–H groups in total. The lowest BCUT2D eigenvalue weighted by Crippen LogP contribution is -2.50. The van der Waals surface area contributed by atoms with E-state index in [0.29, 0.717) is 6.04 Å². The fourth-order valence-corrected chi connectivity index (χ4v) is 3.18. The fourth-order valence-electron chi connectivity index (χ4n) is 2.72. The summed E-state index contributed by atoms with van der Waals surface area (Å²) in [5, 5.41) is 8.10. The number of rotatable bonds is 5. The van der Waals surface area contributed by atoms with Crippen LogP contribution in [0, 0.1) is 6.92 Å². The van der Waals surface area contributed by atoms with Gasteiger partial charge in [0.2, 0.25) is 0 Å². The Morgan fingerprint density at radius 2 is 2.25 bits per heavy atom. The molecule has 5 nitrogen and oxygen atoms in total. The summed E-state index contributed by atoms with van der Waals surface area (Å²) in [5.41, 5.74) is 2.31. The maximum atomic E-state index is 5.65. The van der Waals surface area contributed by atoms with E-state index >= 15 is 0 Å². The van der Waals surface area contributed by atoms with E-state index in [2.05, 4.69) is 31.2 Å². The van der Waals surface area contributed by atoms with Crippen molar-refractivity contribution < 1.29 is 4.74 Å². The van der Waals surface area contributed by atoms with E-state index in [1.54, 1.807) is 0 Å². The van der Waals surface area contributed by atoms with Gasteiger partial charge in [-0.05, 0) is 35.7 Å². The summed E-state index contributed by atoms with van der Waals surface area (Å²) < 4.78 is 8.78. The van der Waals surface area contributed by atoms with E-state index in [0.717, 1.165) is 49.1 Å².